The van der Waals surface area contributed by atoms with Gasteiger partial charge >= 0.3 is 0 Å². The Bertz CT molecular complexity index is 486. The van der Waals surface area contributed by atoms with Crippen LogP contribution in [0.4, 0.5) is 0 Å². The first kappa shape index (κ1) is 15.1. The monoisotopic (exact) mass is 270 g/mol. The topological polar surface area (TPSA) is 59.1 Å². The fourth-order valence-electron chi connectivity index (χ4n) is 1.88. The molecule has 2 unspecified atom stereocenters. The molecule has 0 saturated carbocycles. The van der Waals surface area contributed by atoms with Gasteiger partial charge in [0.05, 0.1) is 11.3 Å². The Kier molecular flexibility index (Phi) is 5.28. The number of nitrogens with one attached hydrogen (secondary N) is 1. The summed E-state index contributed by atoms with van der Waals surface area (Å²) in [5.41, 5.74) is 2.03. The van der Waals surface area contributed by atoms with Crippen molar-refractivity contribution in [1.29, 1.82) is 0 Å². The van der Waals surface area contributed by atoms with Gasteiger partial charge in [-0.05, 0) is 44.0 Å². The van der Waals surface area contributed by atoms with Gasteiger partial charge in [0.25, 0.3) is 0 Å². The van der Waals surface area contributed by atoms with E-state index in [1.54, 1.807) is 19.3 Å². The molecule has 0 radical (unpaired) electrons. The number of sulfone groups is 1. The second kappa shape index (κ2) is 6.29. The molecular weight excluding hydrogens is 248 g/mol. The van der Waals surface area contributed by atoms with Crippen LogP contribution < -0.4 is 5.32 Å². The minimum absolute atomic E-state index is 0.200. The summed E-state index contributed by atoms with van der Waals surface area (Å²) in [6.45, 7) is 6.58. The van der Waals surface area contributed by atoms with Crippen LogP contribution in [0.3, 0.4) is 0 Å². The summed E-state index contributed by atoms with van der Waals surface area (Å²) in [6, 6.07) is 1.71. The number of aryl methyl sites for hydroxylation is 1. The molecule has 0 amide bonds. The van der Waals surface area contributed by atoms with Gasteiger partial charge in [-0.3, -0.25) is 4.98 Å². The summed E-state index contributed by atoms with van der Waals surface area (Å²) in [6.07, 6.45) is 5.72. The predicted octanol–water partition coefficient (Wildman–Crippen LogP) is 1.86. The van der Waals surface area contributed by atoms with Gasteiger partial charge in [0.15, 0.2) is 9.84 Å². The lowest BCUT2D eigenvalue weighted by atomic mass is 10.0. The summed E-state index contributed by atoms with van der Waals surface area (Å²) in [5, 5.41) is 2.85. The molecule has 1 rings (SSSR count). The highest BCUT2D eigenvalue weighted by Crippen LogP contribution is 2.23. The van der Waals surface area contributed by atoms with E-state index in [1.165, 1.54) is 6.26 Å². The molecule has 0 spiro atoms. The van der Waals surface area contributed by atoms with Crippen LogP contribution in [0, 0.1) is 6.92 Å². The van der Waals surface area contributed by atoms with Crippen LogP contribution in [0.2, 0.25) is 0 Å². The molecule has 4 nitrogen and oxygen atoms in total. The number of rotatable bonds is 6. The maximum absolute atomic E-state index is 11.8. The Morgan fingerprint density at radius 2 is 2.11 bits per heavy atom. The van der Waals surface area contributed by atoms with Crippen molar-refractivity contribution in [1.82, 2.24) is 10.3 Å². The van der Waals surface area contributed by atoms with Gasteiger partial charge < -0.3 is 5.32 Å². The predicted molar refractivity (Wildman–Crippen MR) is 74.3 cm³/mol. The normalized spacial score (nSPS) is 15.3. The highest BCUT2D eigenvalue weighted by molar-refractivity contribution is 7.91. The van der Waals surface area contributed by atoms with Crippen molar-refractivity contribution < 1.29 is 8.42 Å². The number of aromatic nitrogens is 1. The third-order valence-electron chi connectivity index (χ3n) is 3.17. The average Bonchev–Trinajstić information content (AvgIpc) is 2.30. The summed E-state index contributed by atoms with van der Waals surface area (Å²) in [4.78, 5) is 4.10. The molecule has 0 aliphatic rings. The molecule has 102 valence electrons. The van der Waals surface area contributed by atoms with Crippen molar-refractivity contribution in [3.8, 4) is 0 Å². The minimum atomic E-state index is -3.09. The highest BCUT2D eigenvalue weighted by Gasteiger charge is 2.27. The van der Waals surface area contributed by atoms with Crippen LogP contribution in [0.1, 0.15) is 37.4 Å². The molecule has 1 heterocycles. The number of hydrogen-bond acceptors (Lipinski definition) is 4. The minimum Gasteiger partial charge on any atom is -0.309 e. The number of pyridine rings is 1. The summed E-state index contributed by atoms with van der Waals surface area (Å²) in [7, 11) is -3.09. The van der Waals surface area contributed by atoms with Crippen molar-refractivity contribution in [3.05, 3.63) is 29.6 Å². The van der Waals surface area contributed by atoms with Crippen LogP contribution >= 0.6 is 0 Å². The van der Waals surface area contributed by atoms with Gasteiger partial charge in [-0.25, -0.2) is 8.42 Å². The van der Waals surface area contributed by atoms with Gasteiger partial charge in [0.1, 0.15) is 0 Å². The van der Waals surface area contributed by atoms with Gasteiger partial charge in [-0.2, -0.15) is 0 Å². The van der Waals surface area contributed by atoms with E-state index < -0.39 is 15.1 Å². The molecule has 0 bridgehead atoms. The second-order valence-electron chi connectivity index (χ2n) is 4.70. The summed E-state index contributed by atoms with van der Waals surface area (Å²) in [5.74, 6) is 0. The SMILES string of the molecule is CCCNC(c1cnccc1C)C(C)S(C)(=O)=O. The second-order valence-corrected chi connectivity index (χ2v) is 7.10. The molecule has 1 aromatic rings. The third-order valence-corrected chi connectivity index (χ3v) is 4.80. The number of nitrogens with zero attached hydrogens (tertiary/aromatic N) is 1. The molecule has 0 aliphatic carbocycles. The summed E-state index contributed by atoms with van der Waals surface area (Å²) < 4.78 is 23.5. The van der Waals surface area contributed by atoms with Crippen molar-refractivity contribution in [2.24, 2.45) is 0 Å². The number of hydrogen-bond donors (Lipinski definition) is 1. The first-order valence-electron chi connectivity index (χ1n) is 6.20. The van der Waals surface area contributed by atoms with Gasteiger partial charge in [-0.15, -0.1) is 0 Å². The molecule has 18 heavy (non-hydrogen) atoms. The van der Waals surface area contributed by atoms with E-state index in [-0.39, 0.29) is 6.04 Å². The fraction of sp³-hybridized carbons (Fsp3) is 0.615. The quantitative estimate of drug-likeness (QED) is 0.857. The Labute approximate surface area is 110 Å². The van der Waals surface area contributed by atoms with Crippen LogP contribution in [-0.4, -0.2) is 31.5 Å². The lowest BCUT2D eigenvalue weighted by Crippen LogP contribution is -2.36. The van der Waals surface area contributed by atoms with E-state index in [0.29, 0.717) is 0 Å². The van der Waals surface area contributed by atoms with Crippen molar-refractivity contribution in [2.75, 3.05) is 12.8 Å². The molecule has 2 atom stereocenters. The van der Waals surface area contributed by atoms with Crippen molar-refractivity contribution in [3.63, 3.8) is 0 Å². The van der Waals surface area contributed by atoms with E-state index in [9.17, 15) is 8.42 Å². The average molecular weight is 270 g/mol. The van der Waals surface area contributed by atoms with E-state index in [4.69, 9.17) is 0 Å². The standard InChI is InChI=1S/C13H22N2O2S/c1-5-7-15-13(11(3)18(4,16)17)12-9-14-8-6-10(12)2/h6,8-9,11,13,15H,5,7H2,1-4H3. The molecule has 0 aromatic carbocycles. The first-order valence-corrected chi connectivity index (χ1v) is 8.16. The van der Waals surface area contributed by atoms with Crippen molar-refractivity contribution >= 4 is 9.84 Å². The molecule has 1 aromatic heterocycles. The lowest BCUT2D eigenvalue weighted by Gasteiger charge is -2.25. The Morgan fingerprint density at radius 1 is 1.44 bits per heavy atom. The van der Waals surface area contributed by atoms with E-state index in [2.05, 4.69) is 17.2 Å². The van der Waals surface area contributed by atoms with Crippen LogP contribution in [0.5, 0.6) is 0 Å². The third kappa shape index (κ3) is 3.78. The van der Waals surface area contributed by atoms with E-state index in [0.717, 1.165) is 24.1 Å². The molecule has 0 saturated heterocycles. The Morgan fingerprint density at radius 3 is 2.61 bits per heavy atom. The first-order chi connectivity index (χ1) is 8.38. The zero-order valence-corrected chi connectivity index (χ0v) is 12.3. The van der Waals surface area contributed by atoms with Gasteiger partial charge in [0.2, 0.25) is 0 Å². The van der Waals surface area contributed by atoms with Crippen molar-refractivity contribution in [2.45, 2.75) is 38.5 Å². The molecule has 0 fully saturated rings. The van der Waals surface area contributed by atoms with Crippen LogP contribution in [0.15, 0.2) is 18.5 Å². The van der Waals surface area contributed by atoms with E-state index >= 15 is 0 Å². The maximum Gasteiger partial charge on any atom is 0.151 e. The largest absolute Gasteiger partial charge is 0.309 e. The lowest BCUT2D eigenvalue weighted by molar-refractivity contribution is 0.498. The molecule has 1 N–H and O–H groups in total. The summed E-state index contributed by atoms with van der Waals surface area (Å²) >= 11 is 0. The van der Waals surface area contributed by atoms with Gasteiger partial charge in [0, 0.05) is 18.6 Å². The Hall–Kier alpha value is -0.940. The zero-order chi connectivity index (χ0) is 13.8. The maximum atomic E-state index is 11.8. The molecule has 0 aliphatic heterocycles. The zero-order valence-electron chi connectivity index (χ0n) is 11.5. The van der Waals surface area contributed by atoms with Crippen LogP contribution in [0.25, 0.3) is 0 Å². The molecule has 5 heteroatoms. The van der Waals surface area contributed by atoms with Gasteiger partial charge in [-0.1, -0.05) is 6.92 Å². The smallest absolute Gasteiger partial charge is 0.151 e. The van der Waals surface area contributed by atoms with Crippen LogP contribution in [-0.2, 0) is 9.84 Å². The van der Waals surface area contributed by atoms with E-state index in [1.807, 2.05) is 13.0 Å². The Balaban J connectivity index is 3.10. The molecular formula is C13H22N2O2S. The fourth-order valence-corrected chi connectivity index (χ4v) is 2.61. The highest BCUT2D eigenvalue weighted by atomic mass is 32.2.